The first-order chi connectivity index (χ1) is 33.0. The van der Waals surface area contributed by atoms with Crippen LogP contribution >= 0.6 is 0 Å². The number of aromatic amines is 2. The van der Waals surface area contributed by atoms with Crippen LogP contribution in [0.4, 0.5) is 9.59 Å². The number of likely N-dealkylation sites (N-methyl/N-ethyl adjacent to an activating group) is 2. The van der Waals surface area contributed by atoms with E-state index < -0.39 is 24.3 Å². The van der Waals surface area contributed by atoms with Crippen molar-refractivity contribution in [3.05, 3.63) is 83.7 Å². The number of H-pyrrole nitrogens is 2. The quantitative estimate of drug-likeness (QED) is 0.0989. The highest BCUT2D eigenvalue weighted by Gasteiger charge is 2.44. The molecule has 4 amide bonds. The van der Waals surface area contributed by atoms with Crippen LogP contribution in [0.5, 0.6) is 11.5 Å². The zero-order valence-corrected chi connectivity index (χ0v) is 38.9. The fourth-order valence-electron chi connectivity index (χ4n) is 11.7. The van der Waals surface area contributed by atoms with Crippen LogP contribution in [0.25, 0.3) is 33.3 Å². The van der Waals surface area contributed by atoms with Crippen LogP contribution in [0.3, 0.4) is 0 Å². The molecule has 68 heavy (non-hydrogen) atoms. The van der Waals surface area contributed by atoms with E-state index in [0.717, 1.165) is 88.0 Å². The van der Waals surface area contributed by atoms with Crippen LogP contribution in [0, 0.1) is 11.8 Å². The summed E-state index contributed by atoms with van der Waals surface area (Å²) in [6, 6.07) is 14.7. The molecule has 10 rings (SSSR count). The van der Waals surface area contributed by atoms with Gasteiger partial charge in [0.2, 0.25) is 11.8 Å². The maximum atomic E-state index is 14.2. The molecule has 0 aliphatic carbocycles. The van der Waals surface area contributed by atoms with Crippen LogP contribution in [0.15, 0.2) is 60.9 Å². The molecule has 5 aromatic rings. The zero-order valence-electron chi connectivity index (χ0n) is 38.9. The van der Waals surface area contributed by atoms with Gasteiger partial charge < -0.3 is 44.2 Å². The number of nitrogens with zero attached hydrogens (tertiary/aromatic N) is 6. The molecule has 2 aromatic heterocycles. The van der Waals surface area contributed by atoms with E-state index in [9.17, 15) is 29.4 Å². The molecular weight excluding hydrogens is 869 g/mol. The molecule has 0 saturated carbocycles. The second kappa shape index (κ2) is 18.9. The Kier molecular flexibility index (Phi) is 12.6. The number of likely N-dealkylation sites (tertiary alicyclic amines) is 2. The van der Waals surface area contributed by atoms with E-state index in [1.165, 1.54) is 23.9 Å². The Morgan fingerprint density at radius 1 is 0.691 bits per heavy atom. The largest absolute Gasteiger partial charge is 0.465 e. The van der Waals surface area contributed by atoms with Gasteiger partial charge in [-0.25, -0.2) is 19.6 Å². The lowest BCUT2D eigenvalue weighted by atomic mass is 9.82. The molecule has 358 valence electrons. The number of carbonyl (C=O) groups excluding carboxylic acids is 2. The Bertz CT molecular complexity index is 2710. The third-order valence-electron chi connectivity index (χ3n) is 15.3. The zero-order chi connectivity index (χ0) is 47.2. The van der Waals surface area contributed by atoms with Gasteiger partial charge in [0.25, 0.3) is 0 Å². The summed E-state index contributed by atoms with van der Waals surface area (Å²) in [5.74, 6) is 2.45. The van der Waals surface area contributed by atoms with Crippen LogP contribution < -0.4 is 4.74 Å². The molecule has 0 radical (unpaired) electrons. The number of benzene rings is 3. The Morgan fingerprint density at radius 2 is 1.21 bits per heavy atom. The molecule has 3 aromatic carbocycles. The van der Waals surface area contributed by atoms with Crippen LogP contribution in [-0.4, -0.2) is 139 Å². The number of aromatic nitrogens is 4. The van der Waals surface area contributed by atoms with Crippen LogP contribution in [-0.2, 0) is 19.1 Å². The molecule has 4 saturated heterocycles. The van der Waals surface area contributed by atoms with Gasteiger partial charge in [0.1, 0.15) is 35.2 Å². The van der Waals surface area contributed by atoms with E-state index in [1.54, 1.807) is 6.20 Å². The number of fused-ring (bicyclic) bond motifs is 4. The summed E-state index contributed by atoms with van der Waals surface area (Å²) in [5.41, 5.74) is 5.74. The van der Waals surface area contributed by atoms with Crippen molar-refractivity contribution in [3.63, 3.8) is 0 Å². The van der Waals surface area contributed by atoms with Crippen molar-refractivity contribution in [2.45, 2.75) is 94.8 Å². The highest BCUT2D eigenvalue weighted by Crippen LogP contribution is 2.50. The van der Waals surface area contributed by atoms with Gasteiger partial charge in [0, 0.05) is 81.8 Å². The van der Waals surface area contributed by atoms with Gasteiger partial charge in [-0.3, -0.25) is 19.4 Å². The van der Waals surface area contributed by atoms with Gasteiger partial charge >= 0.3 is 12.2 Å². The van der Waals surface area contributed by atoms with Gasteiger partial charge in [-0.2, -0.15) is 0 Å². The Morgan fingerprint density at radius 3 is 1.72 bits per heavy atom. The van der Waals surface area contributed by atoms with Crippen LogP contribution in [0.2, 0.25) is 0 Å². The topological polar surface area (TPSA) is 207 Å². The third-order valence-corrected chi connectivity index (χ3v) is 15.3. The number of carboxylic acid groups (broad SMARTS) is 2. The molecule has 5 aliphatic rings. The van der Waals surface area contributed by atoms with Crippen molar-refractivity contribution < 1.29 is 43.6 Å². The Balaban J connectivity index is 0.862. The second-order valence-corrected chi connectivity index (χ2v) is 19.0. The van der Waals surface area contributed by atoms with E-state index in [2.05, 4.69) is 59.4 Å². The first-order valence-corrected chi connectivity index (χ1v) is 24.2. The highest BCUT2D eigenvalue weighted by atomic mass is 16.5. The van der Waals surface area contributed by atoms with Gasteiger partial charge in [0.05, 0.1) is 35.9 Å². The minimum atomic E-state index is -1.12. The van der Waals surface area contributed by atoms with Crippen molar-refractivity contribution in [3.8, 4) is 34.0 Å². The van der Waals surface area contributed by atoms with E-state index in [4.69, 9.17) is 24.2 Å². The first-order valence-electron chi connectivity index (χ1n) is 24.2. The fourth-order valence-corrected chi connectivity index (χ4v) is 11.7. The molecule has 4 fully saturated rings. The number of nitrogens with one attached hydrogen (secondary N) is 2. The molecule has 0 bridgehead atoms. The number of rotatable bonds is 11. The lowest BCUT2D eigenvalue weighted by Crippen LogP contribution is -2.53. The molecule has 5 aliphatic heterocycles. The second-order valence-electron chi connectivity index (χ2n) is 19.0. The van der Waals surface area contributed by atoms with E-state index in [1.807, 2.05) is 22.1 Å². The van der Waals surface area contributed by atoms with Crippen molar-refractivity contribution in [1.29, 1.82) is 0 Å². The highest BCUT2D eigenvalue weighted by molar-refractivity contribution is 5.93. The van der Waals surface area contributed by atoms with E-state index >= 15 is 0 Å². The van der Waals surface area contributed by atoms with Gasteiger partial charge in [0.15, 0.2) is 0 Å². The number of imidazole rings is 2. The number of hydrogen-bond donors (Lipinski definition) is 4. The predicted octanol–water partition coefficient (Wildman–Crippen LogP) is 8.40. The number of ether oxygens (including phenoxy) is 3. The fraction of sp³-hybridized carbons (Fsp3) is 0.490. The predicted molar refractivity (Wildman–Crippen MR) is 251 cm³/mol. The summed E-state index contributed by atoms with van der Waals surface area (Å²) >= 11 is 0. The summed E-state index contributed by atoms with van der Waals surface area (Å²) in [6.07, 6.45) is 7.84. The Hall–Kier alpha value is -6.46. The maximum Gasteiger partial charge on any atom is 0.407 e. The van der Waals surface area contributed by atoms with Crippen LogP contribution in [0.1, 0.15) is 105 Å². The summed E-state index contributed by atoms with van der Waals surface area (Å²) in [6.45, 7) is 5.32. The van der Waals surface area contributed by atoms with Crippen molar-refractivity contribution in [2.75, 3.05) is 53.6 Å². The number of hydrogen-bond acceptors (Lipinski definition) is 9. The lowest BCUT2D eigenvalue weighted by molar-refractivity contribution is -0.141. The maximum absolute atomic E-state index is 14.2. The summed E-state index contributed by atoms with van der Waals surface area (Å²) in [7, 11) is 2.98. The lowest BCUT2D eigenvalue weighted by Gasteiger charge is -2.37. The molecule has 17 nitrogen and oxygen atoms in total. The minimum Gasteiger partial charge on any atom is -0.465 e. The molecule has 0 spiro atoms. The molecule has 5 atom stereocenters. The average molecular weight is 929 g/mol. The Labute approximate surface area is 394 Å². The minimum absolute atomic E-state index is 0.0788. The summed E-state index contributed by atoms with van der Waals surface area (Å²) in [4.78, 5) is 75.2. The summed E-state index contributed by atoms with van der Waals surface area (Å²) < 4.78 is 17.8. The van der Waals surface area contributed by atoms with Gasteiger partial charge in [-0.15, -0.1) is 0 Å². The number of carbonyl (C=O) groups is 4. The van der Waals surface area contributed by atoms with Crippen molar-refractivity contribution in [2.24, 2.45) is 11.8 Å². The summed E-state index contributed by atoms with van der Waals surface area (Å²) in [5, 5.41) is 22.0. The smallest absolute Gasteiger partial charge is 0.407 e. The SMILES string of the molecule is CCC1c2ccc(-c3cnc([C@@H]4CCCN4C(=O)C(C4CCOCC4)N(C)C(=O)O)[nH]3)cc2Oc2ccc3cc(-c4cnc([C@@H]5CCCN5C(=O)C(C5CCOCC5)N(C)C(=O)O)[nH]4)ccc3c21. The monoisotopic (exact) mass is 928 g/mol. The molecule has 7 heterocycles. The molecule has 4 N–H and O–H groups in total. The van der Waals surface area contributed by atoms with E-state index in [-0.39, 0.29) is 41.7 Å². The molecular formula is C51H60N8O9. The molecule has 3 unspecified atom stereocenters. The van der Waals surface area contributed by atoms with Crippen molar-refractivity contribution in [1.82, 2.24) is 39.5 Å². The van der Waals surface area contributed by atoms with Gasteiger partial charge in [-0.05, 0) is 98.6 Å². The average Bonchev–Trinajstić information content (AvgIpc) is 4.21. The van der Waals surface area contributed by atoms with E-state index in [0.29, 0.717) is 76.8 Å². The van der Waals surface area contributed by atoms with Crippen molar-refractivity contribution >= 4 is 34.8 Å². The normalized spacial score (nSPS) is 21.8. The first kappa shape index (κ1) is 45.3. The van der Waals surface area contributed by atoms with Gasteiger partial charge in [-0.1, -0.05) is 37.3 Å². The number of amides is 4. The standard InChI is InChI=1S/C51H60N8O9/c1-4-34-36-13-10-33(38-28-53-47(55-38)40-8-6-20-59(40)49(61)45(57(3)51(64)65)30-17-23-67-24-18-30)26-42(36)68-41-14-11-31-25-32(9-12-35(31)43(34)41)37-27-52-46(54-37)39-7-5-19-58(39)48(60)44(56(2)50(62)63)29-15-21-66-22-16-29/h9-14,25-30,34,39-40,44-45H,4-8,15-24H2,1-3H3,(H,52,54)(H,53,55)(H,62,63)(H,64,65)/t34?,39-,40-,44?,45?/m0/s1. The third kappa shape index (κ3) is 8.33. The molecule has 17 heteroatoms.